The molecule has 0 unspecified atom stereocenters. The van der Waals surface area contributed by atoms with Gasteiger partial charge in [-0.15, -0.1) is 0 Å². The topological polar surface area (TPSA) is 12.0 Å². The molecule has 15 heavy (non-hydrogen) atoms. The molecule has 0 aliphatic rings. The van der Waals surface area contributed by atoms with Gasteiger partial charge in [0.15, 0.2) is 0 Å². The second-order valence-electron chi connectivity index (χ2n) is 4.34. The summed E-state index contributed by atoms with van der Waals surface area (Å²) in [5, 5.41) is 3.42. The molecule has 1 aromatic carbocycles. The molecule has 0 heterocycles. The first kappa shape index (κ1) is 12.0. The highest BCUT2D eigenvalue weighted by atomic mass is 14.8. The third kappa shape index (κ3) is 4.30. The van der Waals surface area contributed by atoms with Gasteiger partial charge in [0.25, 0.3) is 0 Å². The average molecular weight is 203 g/mol. The quantitative estimate of drug-likeness (QED) is 0.584. The van der Waals surface area contributed by atoms with E-state index < -0.39 is 0 Å². The number of benzene rings is 1. The monoisotopic (exact) mass is 203 g/mol. The lowest BCUT2D eigenvalue weighted by atomic mass is 10.1. The molecule has 0 aliphatic heterocycles. The van der Waals surface area contributed by atoms with E-state index in [1.165, 1.54) is 22.3 Å². The van der Waals surface area contributed by atoms with Crippen LogP contribution in [-0.4, -0.2) is 6.54 Å². The van der Waals surface area contributed by atoms with Gasteiger partial charge in [-0.25, -0.2) is 0 Å². The largest absolute Gasteiger partial charge is 0.309 e. The predicted octanol–water partition coefficient (Wildman–Crippen LogP) is 3.36. The Balaban J connectivity index is 2.50. The van der Waals surface area contributed by atoms with Crippen LogP contribution in [0.2, 0.25) is 0 Å². The molecular formula is C14H21N. The number of allylic oxidation sites excluding steroid dienone is 1. The minimum atomic E-state index is 0.954. The number of hydrogen-bond donors (Lipinski definition) is 1. The molecule has 0 saturated heterocycles. The van der Waals surface area contributed by atoms with E-state index in [9.17, 15) is 0 Å². The molecule has 0 spiro atoms. The second-order valence-corrected chi connectivity index (χ2v) is 4.34. The first-order chi connectivity index (χ1) is 7.09. The van der Waals surface area contributed by atoms with Crippen LogP contribution in [0.4, 0.5) is 0 Å². The van der Waals surface area contributed by atoms with E-state index in [2.05, 4.69) is 57.3 Å². The van der Waals surface area contributed by atoms with Gasteiger partial charge in [-0.3, -0.25) is 0 Å². The minimum absolute atomic E-state index is 0.954. The smallest absolute Gasteiger partial charge is 0.0211 e. The van der Waals surface area contributed by atoms with Crippen LogP contribution in [0.5, 0.6) is 0 Å². The van der Waals surface area contributed by atoms with Gasteiger partial charge in [0, 0.05) is 13.1 Å². The predicted molar refractivity (Wildman–Crippen MR) is 67.1 cm³/mol. The zero-order valence-corrected chi connectivity index (χ0v) is 10.2. The highest BCUT2D eigenvalue weighted by molar-refractivity contribution is 5.30. The van der Waals surface area contributed by atoms with Gasteiger partial charge in [-0.2, -0.15) is 0 Å². The fourth-order valence-electron chi connectivity index (χ4n) is 1.47. The van der Waals surface area contributed by atoms with Crippen LogP contribution in [0.25, 0.3) is 0 Å². The van der Waals surface area contributed by atoms with E-state index in [0.717, 1.165) is 13.1 Å². The SMILES string of the molecule is CC(C)=CCNCc1cc(C)ccc1C. The van der Waals surface area contributed by atoms with Crippen molar-refractivity contribution in [3.63, 3.8) is 0 Å². The van der Waals surface area contributed by atoms with Crippen molar-refractivity contribution < 1.29 is 0 Å². The lowest BCUT2D eigenvalue weighted by molar-refractivity contribution is 0.752. The summed E-state index contributed by atoms with van der Waals surface area (Å²) in [6.07, 6.45) is 2.21. The first-order valence-corrected chi connectivity index (χ1v) is 5.50. The molecule has 1 heteroatoms. The van der Waals surface area contributed by atoms with Crippen molar-refractivity contribution >= 4 is 0 Å². The van der Waals surface area contributed by atoms with Gasteiger partial charge in [-0.1, -0.05) is 35.4 Å². The van der Waals surface area contributed by atoms with Crippen molar-refractivity contribution in [2.45, 2.75) is 34.2 Å². The van der Waals surface area contributed by atoms with E-state index in [4.69, 9.17) is 0 Å². The molecule has 1 rings (SSSR count). The molecule has 0 amide bonds. The molecule has 0 fully saturated rings. The summed E-state index contributed by atoms with van der Waals surface area (Å²) in [5.41, 5.74) is 5.46. The van der Waals surface area contributed by atoms with E-state index >= 15 is 0 Å². The van der Waals surface area contributed by atoms with E-state index in [0.29, 0.717) is 0 Å². The van der Waals surface area contributed by atoms with Gasteiger partial charge in [0.05, 0.1) is 0 Å². The third-order valence-corrected chi connectivity index (χ3v) is 2.47. The fourth-order valence-corrected chi connectivity index (χ4v) is 1.47. The van der Waals surface area contributed by atoms with Gasteiger partial charge in [0.1, 0.15) is 0 Å². The maximum atomic E-state index is 3.42. The van der Waals surface area contributed by atoms with E-state index in [1.54, 1.807) is 0 Å². The second kappa shape index (κ2) is 5.72. The molecule has 0 radical (unpaired) electrons. The average Bonchev–Trinajstić information content (AvgIpc) is 2.17. The van der Waals surface area contributed by atoms with Crippen molar-refractivity contribution in [2.75, 3.05) is 6.54 Å². The molecule has 1 aromatic rings. The standard InChI is InChI=1S/C14H21N/c1-11(2)7-8-15-10-14-9-12(3)5-6-13(14)4/h5-7,9,15H,8,10H2,1-4H3. The maximum absolute atomic E-state index is 3.42. The Hall–Kier alpha value is -1.08. The summed E-state index contributed by atoms with van der Waals surface area (Å²) in [6, 6.07) is 6.60. The highest BCUT2D eigenvalue weighted by Gasteiger charge is 1.97. The zero-order chi connectivity index (χ0) is 11.3. The summed E-state index contributed by atoms with van der Waals surface area (Å²) in [5.74, 6) is 0. The number of rotatable bonds is 4. The van der Waals surface area contributed by atoms with Crippen LogP contribution < -0.4 is 5.32 Å². The summed E-state index contributed by atoms with van der Waals surface area (Å²) < 4.78 is 0. The molecule has 0 aromatic heterocycles. The number of aryl methyl sites for hydroxylation is 2. The van der Waals surface area contributed by atoms with Crippen molar-refractivity contribution in [3.05, 3.63) is 46.5 Å². The Labute approximate surface area is 93.2 Å². The molecule has 0 aliphatic carbocycles. The third-order valence-electron chi connectivity index (χ3n) is 2.47. The molecule has 1 nitrogen and oxygen atoms in total. The first-order valence-electron chi connectivity index (χ1n) is 5.50. The zero-order valence-electron chi connectivity index (χ0n) is 10.2. The fraction of sp³-hybridized carbons (Fsp3) is 0.429. The number of hydrogen-bond acceptors (Lipinski definition) is 1. The summed E-state index contributed by atoms with van der Waals surface area (Å²) in [7, 11) is 0. The number of nitrogens with one attached hydrogen (secondary N) is 1. The van der Waals surface area contributed by atoms with Crippen molar-refractivity contribution in [1.29, 1.82) is 0 Å². The molecule has 82 valence electrons. The highest BCUT2D eigenvalue weighted by Crippen LogP contribution is 2.09. The van der Waals surface area contributed by atoms with Crippen LogP contribution in [-0.2, 0) is 6.54 Å². The molecule has 0 saturated carbocycles. The van der Waals surface area contributed by atoms with Crippen LogP contribution in [0.3, 0.4) is 0 Å². The van der Waals surface area contributed by atoms with Crippen molar-refractivity contribution in [1.82, 2.24) is 5.32 Å². The van der Waals surface area contributed by atoms with Crippen LogP contribution in [0, 0.1) is 13.8 Å². The summed E-state index contributed by atoms with van der Waals surface area (Å²) in [6.45, 7) is 10.5. The van der Waals surface area contributed by atoms with Crippen LogP contribution in [0.1, 0.15) is 30.5 Å². The van der Waals surface area contributed by atoms with Gasteiger partial charge < -0.3 is 5.32 Å². The minimum Gasteiger partial charge on any atom is -0.309 e. The Morgan fingerprint density at radius 2 is 2.00 bits per heavy atom. The van der Waals surface area contributed by atoms with E-state index in [1.807, 2.05) is 0 Å². The lowest BCUT2D eigenvalue weighted by Crippen LogP contribution is -2.14. The molecular weight excluding hydrogens is 182 g/mol. The van der Waals surface area contributed by atoms with Gasteiger partial charge in [0.2, 0.25) is 0 Å². The Morgan fingerprint density at radius 1 is 1.27 bits per heavy atom. The molecule has 0 atom stereocenters. The normalized spacial score (nSPS) is 10.1. The Morgan fingerprint density at radius 3 is 2.67 bits per heavy atom. The van der Waals surface area contributed by atoms with Crippen molar-refractivity contribution in [2.24, 2.45) is 0 Å². The van der Waals surface area contributed by atoms with Crippen LogP contribution >= 0.6 is 0 Å². The van der Waals surface area contributed by atoms with Crippen LogP contribution in [0.15, 0.2) is 29.8 Å². The molecule has 1 N–H and O–H groups in total. The maximum Gasteiger partial charge on any atom is 0.0211 e. The Kier molecular flexibility index (Phi) is 4.57. The summed E-state index contributed by atoms with van der Waals surface area (Å²) >= 11 is 0. The van der Waals surface area contributed by atoms with Gasteiger partial charge >= 0.3 is 0 Å². The van der Waals surface area contributed by atoms with Gasteiger partial charge in [-0.05, 0) is 38.8 Å². The summed E-state index contributed by atoms with van der Waals surface area (Å²) in [4.78, 5) is 0. The van der Waals surface area contributed by atoms with Crippen molar-refractivity contribution in [3.8, 4) is 0 Å². The van der Waals surface area contributed by atoms with E-state index in [-0.39, 0.29) is 0 Å². The Bertz CT molecular complexity index is 346. The lowest BCUT2D eigenvalue weighted by Gasteiger charge is -2.07. The molecule has 0 bridgehead atoms.